The van der Waals surface area contributed by atoms with Gasteiger partial charge in [0.25, 0.3) is 0 Å². The van der Waals surface area contributed by atoms with Crippen LogP contribution in [0, 0.1) is 0 Å². The van der Waals surface area contributed by atoms with Gasteiger partial charge in [-0.25, -0.2) is 8.42 Å². The van der Waals surface area contributed by atoms with Crippen molar-refractivity contribution >= 4 is 9.84 Å². The standard InChI is InChI=1S/C13H21NO2S/c1-4-5-11-6-8-12(9-7-11)13(14)10(2)17(3,15)16/h6-10,13H,4-5,14H2,1-3H3. The molecule has 2 N–H and O–H groups in total. The summed E-state index contributed by atoms with van der Waals surface area (Å²) >= 11 is 0. The molecule has 3 nitrogen and oxygen atoms in total. The Labute approximate surface area is 104 Å². The third-order valence-electron chi connectivity index (χ3n) is 3.08. The molecule has 1 aromatic carbocycles. The van der Waals surface area contributed by atoms with Crippen LogP contribution in [-0.4, -0.2) is 19.9 Å². The number of sulfone groups is 1. The molecule has 4 heteroatoms. The largest absolute Gasteiger partial charge is 0.323 e. The third kappa shape index (κ3) is 3.82. The van der Waals surface area contributed by atoms with Crippen molar-refractivity contribution in [1.29, 1.82) is 0 Å². The molecule has 1 aromatic rings. The molecule has 0 saturated carbocycles. The Balaban J connectivity index is 2.86. The molecular formula is C13H21NO2S. The van der Waals surface area contributed by atoms with Crippen molar-refractivity contribution in [1.82, 2.24) is 0 Å². The first-order valence-corrected chi connectivity index (χ1v) is 7.85. The Kier molecular flexibility index (Phi) is 4.71. The molecule has 0 spiro atoms. The summed E-state index contributed by atoms with van der Waals surface area (Å²) in [6.45, 7) is 3.78. The maximum Gasteiger partial charge on any atom is 0.151 e. The van der Waals surface area contributed by atoms with Crippen LogP contribution in [0.3, 0.4) is 0 Å². The Morgan fingerprint density at radius 1 is 1.24 bits per heavy atom. The summed E-state index contributed by atoms with van der Waals surface area (Å²) in [7, 11) is -3.10. The number of rotatable bonds is 5. The summed E-state index contributed by atoms with van der Waals surface area (Å²) < 4.78 is 22.9. The van der Waals surface area contributed by atoms with Crippen LogP contribution in [0.15, 0.2) is 24.3 Å². The zero-order valence-electron chi connectivity index (χ0n) is 10.7. The summed E-state index contributed by atoms with van der Waals surface area (Å²) in [5.41, 5.74) is 8.11. The highest BCUT2D eigenvalue weighted by Gasteiger charge is 2.23. The number of benzene rings is 1. The smallest absolute Gasteiger partial charge is 0.151 e. The minimum absolute atomic E-state index is 0.458. The van der Waals surface area contributed by atoms with E-state index in [9.17, 15) is 8.42 Å². The Morgan fingerprint density at radius 2 is 1.76 bits per heavy atom. The lowest BCUT2D eigenvalue weighted by Crippen LogP contribution is -2.30. The fraction of sp³-hybridized carbons (Fsp3) is 0.538. The topological polar surface area (TPSA) is 60.2 Å². The van der Waals surface area contributed by atoms with Crippen LogP contribution in [0.25, 0.3) is 0 Å². The van der Waals surface area contributed by atoms with Crippen molar-refractivity contribution < 1.29 is 8.42 Å². The van der Waals surface area contributed by atoms with Gasteiger partial charge in [0.15, 0.2) is 9.84 Å². The molecule has 2 atom stereocenters. The van der Waals surface area contributed by atoms with Gasteiger partial charge in [-0.3, -0.25) is 0 Å². The van der Waals surface area contributed by atoms with Crippen LogP contribution in [0.4, 0.5) is 0 Å². The summed E-state index contributed by atoms with van der Waals surface area (Å²) in [6.07, 6.45) is 3.37. The number of hydrogen-bond donors (Lipinski definition) is 1. The fourth-order valence-corrected chi connectivity index (χ4v) is 2.42. The summed E-state index contributed by atoms with van der Waals surface area (Å²) in [5, 5.41) is -0.556. The van der Waals surface area contributed by atoms with Gasteiger partial charge < -0.3 is 5.73 Å². The predicted molar refractivity (Wildman–Crippen MR) is 71.7 cm³/mol. The van der Waals surface area contributed by atoms with Gasteiger partial charge in [-0.2, -0.15) is 0 Å². The lowest BCUT2D eigenvalue weighted by molar-refractivity contribution is 0.571. The molecule has 0 aliphatic heterocycles. The van der Waals surface area contributed by atoms with Crippen LogP contribution in [0.2, 0.25) is 0 Å². The highest BCUT2D eigenvalue weighted by atomic mass is 32.2. The zero-order valence-corrected chi connectivity index (χ0v) is 11.5. The molecular weight excluding hydrogens is 234 g/mol. The van der Waals surface area contributed by atoms with Crippen LogP contribution >= 0.6 is 0 Å². The first-order chi connectivity index (χ1) is 7.86. The van der Waals surface area contributed by atoms with Crippen molar-refractivity contribution in [2.45, 2.75) is 38.0 Å². The summed E-state index contributed by atoms with van der Waals surface area (Å²) in [6, 6.07) is 7.44. The number of nitrogens with two attached hydrogens (primary N) is 1. The van der Waals surface area contributed by atoms with Crippen molar-refractivity contribution in [3.05, 3.63) is 35.4 Å². The second-order valence-corrected chi connectivity index (χ2v) is 6.95. The van der Waals surface area contributed by atoms with Gasteiger partial charge in [0, 0.05) is 12.3 Å². The maximum atomic E-state index is 11.4. The van der Waals surface area contributed by atoms with E-state index in [-0.39, 0.29) is 0 Å². The number of aryl methyl sites for hydroxylation is 1. The first kappa shape index (κ1) is 14.2. The second-order valence-electron chi connectivity index (χ2n) is 4.55. The van der Waals surface area contributed by atoms with E-state index in [1.807, 2.05) is 24.3 Å². The molecule has 0 heterocycles. The van der Waals surface area contributed by atoms with Gasteiger partial charge in [-0.1, -0.05) is 37.6 Å². The number of hydrogen-bond acceptors (Lipinski definition) is 3. The monoisotopic (exact) mass is 255 g/mol. The fourth-order valence-electron chi connectivity index (χ4n) is 1.73. The van der Waals surface area contributed by atoms with E-state index in [1.165, 1.54) is 11.8 Å². The molecule has 0 bridgehead atoms. The van der Waals surface area contributed by atoms with Crippen LogP contribution in [-0.2, 0) is 16.3 Å². The minimum atomic E-state index is -3.10. The van der Waals surface area contributed by atoms with Crippen molar-refractivity contribution in [3.8, 4) is 0 Å². The molecule has 0 aliphatic rings. The first-order valence-electron chi connectivity index (χ1n) is 5.89. The molecule has 0 radical (unpaired) electrons. The average Bonchev–Trinajstić information content (AvgIpc) is 2.27. The molecule has 0 fully saturated rings. The molecule has 0 aromatic heterocycles. The molecule has 0 amide bonds. The normalized spacial score (nSPS) is 15.5. The van der Waals surface area contributed by atoms with E-state index in [1.54, 1.807) is 6.92 Å². The van der Waals surface area contributed by atoms with E-state index < -0.39 is 21.1 Å². The van der Waals surface area contributed by atoms with Crippen LogP contribution in [0.5, 0.6) is 0 Å². The van der Waals surface area contributed by atoms with Crippen molar-refractivity contribution in [2.75, 3.05) is 6.26 Å². The van der Waals surface area contributed by atoms with Gasteiger partial charge in [0.05, 0.1) is 5.25 Å². The van der Waals surface area contributed by atoms with Crippen molar-refractivity contribution in [2.24, 2.45) is 5.73 Å². The molecule has 2 unspecified atom stereocenters. The zero-order chi connectivity index (χ0) is 13.1. The van der Waals surface area contributed by atoms with E-state index in [0.29, 0.717) is 0 Å². The maximum absolute atomic E-state index is 11.4. The lowest BCUT2D eigenvalue weighted by Gasteiger charge is -2.18. The SMILES string of the molecule is CCCc1ccc(C(N)C(C)S(C)(=O)=O)cc1. The summed E-state index contributed by atoms with van der Waals surface area (Å²) in [5.74, 6) is 0. The Morgan fingerprint density at radius 3 is 2.18 bits per heavy atom. The molecule has 0 saturated heterocycles. The second kappa shape index (κ2) is 5.65. The van der Waals surface area contributed by atoms with E-state index in [0.717, 1.165) is 18.4 Å². The Bertz CT molecular complexity index is 451. The van der Waals surface area contributed by atoms with Crippen LogP contribution < -0.4 is 5.73 Å². The summed E-state index contributed by atoms with van der Waals surface area (Å²) in [4.78, 5) is 0. The lowest BCUT2D eigenvalue weighted by atomic mass is 10.0. The van der Waals surface area contributed by atoms with E-state index >= 15 is 0 Å². The van der Waals surface area contributed by atoms with E-state index in [2.05, 4.69) is 6.92 Å². The Hall–Kier alpha value is -0.870. The van der Waals surface area contributed by atoms with Crippen molar-refractivity contribution in [3.63, 3.8) is 0 Å². The quantitative estimate of drug-likeness (QED) is 0.876. The molecule has 96 valence electrons. The highest BCUT2D eigenvalue weighted by molar-refractivity contribution is 7.91. The van der Waals surface area contributed by atoms with Gasteiger partial charge in [0.2, 0.25) is 0 Å². The van der Waals surface area contributed by atoms with Gasteiger partial charge >= 0.3 is 0 Å². The van der Waals surface area contributed by atoms with Crippen LogP contribution in [0.1, 0.15) is 37.4 Å². The average molecular weight is 255 g/mol. The highest BCUT2D eigenvalue weighted by Crippen LogP contribution is 2.20. The molecule has 0 aliphatic carbocycles. The van der Waals surface area contributed by atoms with Gasteiger partial charge in [-0.15, -0.1) is 0 Å². The molecule has 17 heavy (non-hydrogen) atoms. The van der Waals surface area contributed by atoms with E-state index in [4.69, 9.17) is 5.73 Å². The third-order valence-corrected chi connectivity index (χ3v) is 4.73. The predicted octanol–water partition coefficient (Wildman–Crippen LogP) is 2.07. The van der Waals surface area contributed by atoms with Gasteiger partial charge in [0.1, 0.15) is 0 Å². The van der Waals surface area contributed by atoms with Gasteiger partial charge in [-0.05, 0) is 24.5 Å². The minimum Gasteiger partial charge on any atom is -0.323 e. The molecule has 1 rings (SSSR count).